The van der Waals surface area contributed by atoms with Crippen LogP contribution in [0.1, 0.15) is 44.6 Å². The van der Waals surface area contributed by atoms with Crippen molar-refractivity contribution in [3.63, 3.8) is 0 Å². The zero-order chi connectivity index (χ0) is 15.1. The Hall–Kier alpha value is -1.71. The fourth-order valence-corrected chi connectivity index (χ4v) is 3.19. The molecule has 1 aromatic rings. The molecular formula is C17H27N3O. The second-order valence-electron chi connectivity index (χ2n) is 5.82. The van der Waals surface area contributed by atoms with Crippen LogP contribution in [0, 0.1) is 0 Å². The lowest BCUT2D eigenvalue weighted by Gasteiger charge is -2.29. The van der Waals surface area contributed by atoms with Crippen molar-refractivity contribution in [2.45, 2.75) is 44.4 Å². The maximum absolute atomic E-state index is 5.95. The molecule has 1 aliphatic rings. The highest BCUT2D eigenvalue weighted by molar-refractivity contribution is 5.77. The van der Waals surface area contributed by atoms with Crippen LogP contribution < -0.4 is 15.8 Å². The standard InChI is InChI=1S/C17H27N3O/c1-3-12-19-16(18)20-13-17(10-6-7-11-17)14-8-4-5-9-15(14)21-2/h4-5,8-9H,3,6-7,10-13H2,1-2H3,(H3,18,19,20). The number of nitrogens with one attached hydrogen (secondary N) is 1. The minimum atomic E-state index is 0.0745. The smallest absolute Gasteiger partial charge is 0.188 e. The first kappa shape index (κ1) is 15.7. The summed E-state index contributed by atoms with van der Waals surface area (Å²) in [6.07, 6.45) is 5.84. The minimum Gasteiger partial charge on any atom is -0.496 e. The van der Waals surface area contributed by atoms with Crippen LogP contribution in [0.3, 0.4) is 0 Å². The lowest BCUT2D eigenvalue weighted by atomic mass is 9.78. The van der Waals surface area contributed by atoms with E-state index in [1.165, 1.54) is 18.4 Å². The Balaban J connectivity index is 2.21. The number of methoxy groups -OCH3 is 1. The lowest BCUT2D eigenvalue weighted by molar-refractivity contribution is 0.378. The molecule has 21 heavy (non-hydrogen) atoms. The first-order valence-corrected chi connectivity index (χ1v) is 7.89. The molecule has 0 bridgehead atoms. The second kappa shape index (κ2) is 7.34. The van der Waals surface area contributed by atoms with Gasteiger partial charge in [0.2, 0.25) is 0 Å². The van der Waals surface area contributed by atoms with Crippen LogP contribution in [0.5, 0.6) is 5.75 Å². The maximum atomic E-state index is 5.95. The third-order valence-corrected chi connectivity index (χ3v) is 4.35. The quantitative estimate of drug-likeness (QED) is 0.625. The van der Waals surface area contributed by atoms with Crippen molar-refractivity contribution in [3.8, 4) is 5.75 Å². The summed E-state index contributed by atoms with van der Waals surface area (Å²) in [5.74, 6) is 1.52. The van der Waals surface area contributed by atoms with Gasteiger partial charge in [0.15, 0.2) is 5.96 Å². The Bertz CT molecular complexity index is 479. The third-order valence-electron chi connectivity index (χ3n) is 4.35. The van der Waals surface area contributed by atoms with Gasteiger partial charge >= 0.3 is 0 Å². The Labute approximate surface area is 127 Å². The van der Waals surface area contributed by atoms with Gasteiger partial charge in [0, 0.05) is 17.5 Å². The van der Waals surface area contributed by atoms with Gasteiger partial charge < -0.3 is 15.8 Å². The topological polar surface area (TPSA) is 59.6 Å². The van der Waals surface area contributed by atoms with Gasteiger partial charge in [-0.15, -0.1) is 0 Å². The van der Waals surface area contributed by atoms with Gasteiger partial charge in [0.25, 0.3) is 0 Å². The summed E-state index contributed by atoms with van der Waals surface area (Å²) >= 11 is 0. The van der Waals surface area contributed by atoms with Gasteiger partial charge in [-0.1, -0.05) is 38.0 Å². The van der Waals surface area contributed by atoms with Crippen molar-refractivity contribution in [2.75, 3.05) is 20.2 Å². The highest BCUT2D eigenvalue weighted by Crippen LogP contribution is 2.44. The molecule has 1 aromatic carbocycles. The molecule has 0 saturated heterocycles. The van der Waals surface area contributed by atoms with Gasteiger partial charge in [0.1, 0.15) is 5.75 Å². The van der Waals surface area contributed by atoms with Crippen LogP contribution in [0.25, 0.3) is 0 Å². The van der Waals surface area contributed by atoms with E-state index in [9.17, 15) is 0 Å². The number of hydrogen-bond donors (Lipinski definition) is 2. The summed E-state index contributed by atoms with van der Waals surface area (Å²) in [7, 11) is 1.74. The molecule has 4 heteroatoms. The summed E-state index contributed by atoms with van der Waals surface area (Å²) < 4.78 is 5.56. The van der Waals surface area contributed by atoms with E-state index in [2.05, 4.69) is 29.4 Å². The average molecular weight is 289 g/mol. The van der Waals surface area contributed by atoms with Crippen LogP contribution in [0.15, 0.2) is 29.3 Å². The summed E-state index contributed by atoms with van der Waals surface area (Å²) in [5.41, 5.74) is 7.30. The summed E-state index contributed by atoms with van der Waals surface area (Å²) in [6, 6.07) is 8.32. The van der Waals surface area contributed by atoms with E-state index in [4.69, 9.17) is 10.5 Å². The molecule has 1 saturated carbocycles. The van der Waals surface area contributed by atoms with Crippen molar-refractivity contribution in [3.05, 3.63) is 29.8 Å². The number of aliphatic imine (C=N–C) groups is 1. The number of rotatable bonds is 6. The van der Waals surface area contributed by atoms with Gasteiger partial charge in [-0.2, -0.15) is 0 Å². The fourth-order valence-electron chi connectivity index (χ4n) is 3.19. The highest BCUT2D eigenvalue weighted by atomic mass is 16.5. The van der Waals surface area contributed by atoms with Crippen LogP contribution in [0.2, 0.25) is 0 Å². The molecule has 0 spiro atoms. The number of nitrogens with zero attached hydrogens (tertiary/aromatic N) is 1. The molecule has 0 radical (unpaired) electrons. The number of benzene rings is 1. The van der Waals surface area contributed by atoms with E-state index in [0.29, 0.717) is 5.96 Å². The lowest BCUT2D eigenvalue weighted by Crippen LogP contribution is -2.35. The molecule has 0 heterocycles. The summed E-state index contributed by atoms with van der Waals surface area (Å²) in [6.45, 7) is 3.72. The monoisotopic (exact) mass is 289 g/mol. The van der Waals surface area contributed by atoms with Crippen LogP contribution in [-0.2, 0) is 5.41 Å². The van der Waals surface area contributed by atoms with Gasteiger partial charge in [-0.3, -0.25) is 4.99 Å². The van der Waals surface area contributed by atoms with E-state index in [1.807, 2.05) is 12.1 Å². The molecule has 1 fully saturated rings. The second-order valence-corrected chi connectivity index (χ2v) is 5.82. The molecule has 116 valence electrons. The number of ether oxygens (including phenoxy) is 1. The van der Waals surface area contributed by atoms with E-state index in [1.54, 1.807) is 7.11 Å². The van der Waals surface area contributed by atoms with Crippen molar-refractivity contribution < 1.29 is 4.74 Å². The Morgan fingerprint density at radius 1 is 1.33 bits per heavy atom. The van der Waals surface area contributed by atoms with E-state index < -0.39 is 0 Å². The first-order valence-electron chi connectivity index (χ1n) is 7.89. The summed E-state index contributed by atoms with van der Waals surface area (Å²) in [4.78, 5) is 4.60. The molecule has 0 amide bonds. The molecule has 0 atom stereocenters. The van der Waals surface area contributed by atoms with E-state index >= 15 is 0 Å². The number of para-hydroxylation sites is 1. The van der Waals surface area contributed by atoms with Crippen LogP contribution >= 0.6 is 0 Å². The molecule has 0 aromatic heterocycles. The first-order chi connectivity index (χ1) is 10.2. The zero-order valence-electron chi connectivity index (χ0n) is 13.2. The fraction of sp³-hybridized carbons (Fsp3) is 0.588. The number of guanidine groups is 1. The van der Waals surface area contributed by atoms with Crippen molar-refractivity contribution in [1.29, 1.82) is 0 Å². The SMILES string of the molecule is CCCNC(N)=NCC1(c2ccccc2OC)CCCC1. The van der Waals surface area contributed by atoms with Gasteiger partial charge in [-0.25, -0.2) is 0 Å². The van der Waals surface area contributed by atoms with E-state index in [-0.39, 0.29) is 5.41 Å². The summed E-state index contributed by atoms with van der Waals surface area (Å²) in [5, 5.41) is 3.15. The molecule has 2 rings (SSSR count). The van der Waals surface area contributed by atoms with Crippen molar-refractivity contribution in [2.24, 2.45) is 10.7 Å². The molecule has 0 aliphatic heterocycles. The highest BCUT2D eigenvalue weighted by Gasteiger charge is 2.37. The molecular weight excluding hydrogens is 262 g/mol. The van der Waals surface area contributed by atoms with Crippen molar-refractivity contribution >= 4 is 5.96 Å². The average Bonchev–Trinajstić information content (AvgIpc) is 3.01. The predicted octanol–water partition coefficient (Wildman–Crippen LogP) is 2.82. The maximum Gasteiger partial charge on any atom is 0.188 e. The number of nitrogens with two attached hydrogens (primary N) is 1. The Morgan fingerprint density at radius 3 is 2.71 bits per heavy atom. The normalized spacial score (nSPS) is 17.7. The third kappa shape index (κ3) is 3.69. The zero-order valence-corrected chi connectivity index (χ0v) is 13.2. The largest absolute Gasteiger partial charge is 0.496 e. The van der Waals surface area contributed by atoms with Crippen LogP contribution in [-0.4, -0.2) is 26.2 Å². The Kier molecular flexibility index (Phi) is 5.48. The minimum absolute atomic E-state index is 0.0745. The molecule has 4 nitrogen and oxygen atoms in total. The van der Waals surface area contributed by atoms with Crippen LogP contribution in [0.4, 0.5) is 0 Å². The Morgan fingerprint density at radius 2 is 2.05 bits per heavy atom. The molecule has 1 aliphatic carbocycles. The van der Waals surface area contributed by atoms with Gasteiger partial charge in [-0.05, 0) is 25.3 Å². The molecule has 3 N–H and O–H groups in total. The number of hydrogen-bond acceptors (Lipinski definition) is 2. The van der Waals surface area contributed by atoms with E-state index in [0.717, 1.165) is 38.1 Å². The van der Waals surface area contributed by atoms with Gasteiger partial charge in [0.05, 0.1) is 13.7 Å². The predicted molar refractivity (Wildman–Crippen MR) is 87.9 cm³/mol. The molecule has 0 unspecified atom stereocenters. The van der Waals surface area contributed by atoms with Crippen molar-refractivity contribution in [1.82, 2.24) is 5.32 Å².